The van der Waals surface area contributed by atoms with Gasteiger partial charge < -0.3 is 24.6 Å². The zero-order valence-corrected chi connectivity index (χ0v) is 35.8. The Bertz CT molecular complexity index is 2600. The molecule has 1 atom stereocenters. The molecule has 0 aliphatic carbocycles. The smallest absolute Gasteiger partial charge is 0.329 e. The molecule has 16 heteroatoms. The van der Waals surface area contributed by atoms with Crippen molar-refractivity contribution in [3.63, 3.8) is 0 Å². The van der Waals surface area contributed by atoms with Gasteiger partial charge in [0.1, 0.15) is 18.5 Å². The van der Waals surface area contributed by atoms with E-state index in [-0.39, 0.29) is 35.8 Å². The summed E-state index contributed by atoms with van der Waals surface area (Å²) in [5.41, 5.74) is 8.86. The van der Waals surface area contributed by atoms with Crippen LogP contribution in [0.25, 0.3) is 33.7 Å². The maximum Gasteiger partial charge on any atom is 0.329 e. The number of aryl methyl sites for hydroxylation is 1. The Kier molecular flexibility index (Phi) is 10.9. The predicted octanol–water partition coefficient (Wildman–Crippen LogP) is 6.26. The molecule has 9 rings (SSSR count). The number of hydrogen-bond donors (Lipinski definition) is 3. The number of piperidine rings is 1. The van der Waals surface area contributed by atoms with Crippen LogP contribution >= 0.6 is 0 Å². The number of piperazine rings is 1. The van der Waals surface area contributed by atoms with E-state index in [0.29, 0.717) is 11.7 Å². The van der Waals surface area contributed by atoms with Gasteiger partial charge in [0.2, 0.25) is 5.91 Å². The molecule has 320 valence electrons. The molecule has 3 fully saturated rings. The van der Waals surface area contributed by atoms with Crippen LogP contribution in [0.4, 0.5) is 21.9 Å². The van der Waals surface area contributed by atoms with Gasteiger partial charge in [-0.3, -0.25) is 29.7 Å². The molecule has 0 spiro atoms. The molecule has 0 saturated carbocycles. The number of benzene rings is 2. The number of hydrogen-bond acceptors (Lipinski definition) is 12. The van der Waals surface area contributed by atoms with Crippen molar-refractivity contribution >= 4 is 45.9 Å². The Hall–Kier alpha value is -6.68. The molecule has 3 aliphatic rings. The van der Waals surface area contributed by atoms with Gasteiger partial charge in [-0.25, -0.2) is 14.8 Å². The van der Waals surface area contributed by atoms with Crippen LogP contribution in [0, 0.1) is 12.8 Å². The van der Waals surface area contributed by atoms with Crippen LogP contribution in [0.15, 0.2) is 77.7 Å². The van der Waals surface area contributed by atoms with Crippen molar-refractivity contribution < 1.29 is 18.9 Å². The normalized spacial score (nSPS) is 17.2. The molecular formula is C46H52N12O4. The van der Waals surface area contributed by atoms with E-state index in [2.05, 4.69) is 86.8 Å². The summed E-state index contributed by atoms with van der Waals surface area (Å²) < 4.78 is 5.24. The number of aromatic amines is 1. The second-order valence-electron chi connectivity index (χ2n) is 17.7. The van der Waals surface area contributed by atoms with Crippen LogP contribution in [0.3, 0.4) is 0 Å². The van der Waals surface area contributed by atoms with Crippen molar-refractivity contribution in [3.05, 3.63) is 96.0 Å². The fourth-order valence-electron chi connectivity index (χ4n) is 8.73. The highest BCUT2D eigenvalue weighted by atomic mass is 16.5. The number of rotatable bonds is 10. The Morgan fingerprint density at radius 3 is 2.27 bits per heavy atom. The number of carbonyl (C=O) groups is 3. The summed E-state index contributed by atoms with van der Waals surface area (Å²) in [5, 5.41) is 10.2. The Balaban J connectivity index is 0.774. The SMILES string of the molecule is Cc1cc(-c2ncnc3[nH]c(-c4ccc(N5CCN(CC6CCN(c7ccc(N8CC(=O)NC8=O)cc7)CC6)CC5)cn4)cc23)ccc1[C@@H](C)NC(=O)c1nc(C(C)(C)C)no1. The average molecular weight is 837 g/mol. The number of amides is 4. The Morgan fingerprint density at radius 1 is 0.887 bits per heavy atom. The lowest BCUT2D eigenvalue weighted by atomic mass is 9.95. The number of H-pyrrole nitrogens is 1. The van der Waals surface area contributed by atoms with Crippen LogP contribution in [-0.2, 0) is 10.2 Å². The lowest BCUT2D eigenvalue weighted by molar-refractivity contribution is -0.117. The average Bonchev–Trinajstić information content (AvgIpc) is 4.03. The standard InChI is InChI=1S/C46H52N12O4/c1-28-22-31(6-12-35(28)29(2)50-42(60)43-53-44(54-62-43)46(3,4)5)40-36-23-38(51-41(36)49-27-48-40)37-13-11-34(24-47-37)57-20-18-55(19-21-57)25-30-14-16-56(17-15-30)32-7-9-33(10-8-32)58-26-39(59)52-45(58)61/h6-13,22-24,27,29-30H,14-21,25-26H2,1-5H3,(H,50,60)(H,48,49,51)(H,52,59,61)/t29-/m1/s1. The van der Waals surface area contributed by atoms with E-state index in [9.17, 15) is 14.4 Å². The molecule has 2 aromatic carbocycles. The van der Waals surface area contributed by atoms with Crippen LogP contribution in [0.5, 0.6) is 0 Å². The molecule has 3 aliphatic heterocycles. The van der Waals surface area contributed by atoms with E-state index < -0.39 is 5.91 Å². The number of pyridine rings is 1. The number of imide groups is 1. The van der Waals surface area contributed by atoms with Crippen molar-refractivity contribution in [1.82, 2.24) is 45.6 Å². The van der Waals surface area contributed by atoms with Crippen LogP contribution in [-0.4, -0.2) is 105 Å². The first kappa shape index (κ1) is 40.7. The quantitative estimate of drug-likeness (QED) is 0.132. The minimum Gasteiger partial charge on any atom is -0.372 e. The van der Waals surface area contributed by atoms with Crippen molar-refractivity contribution in [1.29, 1.82) is 0 Å². The van der Waals surface area contributed by atoms with Gasteiger partial charge in [-0.05, 0) is 92.3 Å². The van der Waals surface area contributed by atoms with Crippen molar-refractivity contribution in [2.45, 2.75) is 58.9 Å². The van der Waals surface area contributed by atoms with Gasteiger partial charge in [0, 0.05) is 73.6 Å². The first-order chi connectivity index (χ1) is 29.9. The number of fused-ring (bicyclic) bond motifs is 1. The molecule has 3 saturated heterocycles. The van der Waals surface area contributed by atoms with E-state index >= 15 is 0 Å². The second-order valence-corrected chi connectivity index (χ2v) is 17.7. The number of urea groups is 1. The topological polar surface area (TPSA) is 182 Å². The largest absolute Gasteiger partial charge is 0.372 e. The first-order valence-corrected chi connectivity index (χ1v) is 21.4. The number of aromatic nitrogens is 6. The summed E-state index contributed by atoms with van der Waals surface area (Å²) in [6.45, 7) is 17.0. The molecular weight excluding hydrogens is 785 g/mol. The first-order valence-electron chi connectivity index (χ1n) is 21.4. The number of anilines is 3. The van der Waals surface area contributed by atoms with Gasteiger partial charge in [-0.2, -0.15) is 4.98 Å². The highest BCUT2D eigenvalue weighted by Crippen LogP contribution is 2.33. The molecule has 4 amide bonds. The third kappa shape index (κ3) is 8.46. The van der Waals surface area contributed by atoms with Gasteiger partial charge in [0.05, 0.1) is 35.0 Å². The molecule has 3 N–H and O–H groups in total. The maximum absolute atomic E-state index is 12.9. The highest BCUT2D eigenvalue weighted by molar-refractivity contribution is 6.12. The zero-order chi connectivity index (χ0) is 43.1. The summed E-state index contributed by atoms with van der Waals surface area (Å²) >= 11 is 0. The van der Waals surface area contributed by atoms with Crippen LogP contribution in [0.2, 0.25) is 0 Å². The molecule has 0 unspecified atom stereocenters. The Morgan fingerprint density at radius 2 is 1.61 bits per heavy atom. The summed E-state index contributed by atoms with van der Waals surface area (Å²) in [7, 11) is 0. The molecule has 0 bridgehead atoms. The third-order valence-corrected chi connectivity index (χ3v) is 12.3. The number of carbonyl (C=O) groups excluding carboxylic acids is 3. The second kappa shape index (κ2) is 16.6. The van der Waals surface area contributed by atoms with E-state index in [1.54, 1.807) is 6.33 Å². The molecule has 4 aromatic heterocycles. The van der Waals surface area contributed by atoms with Crippen molar-refractivity contribution in [2.24, 2.45) is 5.92 Å². The fraction of sp³-hybridized carbons (Fsp3) is 0.391. The summed E-state index contributed by atoms with van der Waals surface area (Å²) in [4.78, 5) is 67.3. The third-order valence-electron chi connectivity index (χ3n) is 12.3. The van der Waals surface area contributed by atoms with E-state index in [1.165, 1.54) is 4.90 Å². The fourth-order valence-corrected chi connectivity index (χ4v) is 8.73. The minimum absolute atomic E-state index is 0.0510. The summed E-state index contributed by atoms with van der Waals surface area (Å²) in [6.07, 6.45) is 5.83. The molecule has 0 radical (unpaired) electrons. The highest BCUT2D eigenvalue weighted by Gasteiger charge is 2.29. The predicted molar refractivity (Wildman–Crippen MR) is 237 cm³/mol. The molecule has 16 nitrogen and oxygen atoms in total. The van der Waals surface area contributed by atoms with Gasteiger partial charge in [0.15, 0.2) is 5.82 Å². The van der Waals surface area contributed by atoms with Gasteiger partial charge in [0.25, 0.3) is 0 Å². The Labute approximate surface area is 360 Å². The summed E-state index contributed by atoms with van der Waals surface area (Å²) in [5.74, 6) is 0.416. The molecule has 7 heterocycles. The maximum atomic E-state index is 12.9. The van der Waals surface area contributed by atoms with E-state index in [0.717, 1.165) is 121 Å². The van der Waals surface area contributed by atoms with E-state index in [1.807, 2.05) is 65.1 Å². The van der Waals surface area contributed by atoms with Crippen LogP contribution in [0.1, 0.15) is 74.2 Å². The lowest BCUT2D eigenvalue weighted by Gasteiger charge is -2.40. The van der Waals surface area contributed by atoms with Gasteiger partial charge in [-0.15, -0.1) is 0 Å². The van der Waals surface area contributed by atoms with Crippen LogP contribution < -0.4 is 25.3 Å². The zero-order valence-electron chi connectivity index (χ0n) is 35.8. The molecule has 62 heavy (non-hydrogen) atoms. The van der Waals surface area contributed by atoms with Crippen molar-refractivity contribution in [2.75, 3.05) is 67.1 Å². The number of nitrogens with zero attached hydrogens (tertiary/aromatic N) is 9. The van der Waals surface area contributed by atoms with E-state index in [4.69, 9.17) is 9.51 Å². The van der Waals surface area contributed by atoms with Gasteiger partial charge >= 0.3 is 17.8 Å². The summed E-state index contributed by atoms with van der Waals surface area (Å²) in [6, 6.07) is 19.7. The molecule has 6 aromatic rings. The minimum atomic E-state index is -0.412. The van der Waals surface area contributed by atoms with Gasteiger partial charge in [-0.1, -0.05) is 38.1 Å². The lowest BCUT2D eigenvalue weighted by Crippen LogP contribution is -2.49. The number of nitrogens with one attached hydrogen (secondary N) is 3. The van der Waals surface area contributed by atoms with Crippen molar-refractivity contribution in [3.8, 4) is 22.6 Å². The monoisotopic (exact) mass is 836 g/mol.